The summed E-state index contributed by atoms with van der Waals surface area (Å²) in [6.07, 6.45) is -4.76. The molecule has 1 rings (SSSR count). The van der Waals surface area contributed by atoms with Crippen molar-refractivity contribution in [3.05, 3.63) is 29.3 Å². The molecular formula is C15H18F3N3O4. The standard InChI is InChI=1S/C15H18F3N3O4/c1-9-3-4-10(13(24)19-8-15(16,17)18)7-11(9)20-14(25)21(2)6-5-12(22)23/h3-4,7H,5-6,8H2,1-2H3,(H,19,24)(H,20,25)(H,22,23). The van der Waals surface area contributed by atoms with Crippen LogP contribution in [0.5, 0.6) is 0 Å². The Labute approximate surface area is 141 Å². The van der Waals surface area contributed by atoms with Crippen molar-refractivity contribution in [2.45, 2.75) is 19.5 Å². The highest BCUT2D eigenvalue weighted by molar-refractivity contribution is 5.97. The number of aliphatic carboxylic acids is 1. The van der Waals surface area contributed by atoms with Gasteiger partial charge in [-0.05, 0) is 24.6 Å². The number of carbonyl (C=O) groups excluding carboxylic acids is 2. The summed E-state index contributed by atoms with van der Waals surface area (Å²) in [4.78, 5) is 35.4. The van der Waals surface area contributed by atoms with Gasteiger partial charge in [-0.3, -0.25) is 9.59 Å². The van der Waals surface area contributed by atoms with Crippen molar-refractivity contribution in [2.75, 3.05) is 25.5 Å². The molecule has 10 heteroatoms. The van der Waals surface area contributed by atoms with Crippen LogP contribution in [0, 0.1) is 6.92 Å². The first-order valence-corrected chi connectivity index (χ1v) is 7.19. The quantitative estimate of drug-likeness (QED) is 0.724. The first-order valence-electron chi connectivity index (χ1n) is 7.19. The van der Waals surface area contributed by atoms with Gasteiger partial charge in [0.25, 0.3) is 5.91 Å². The number of carbonyl (C=O) groups is 3. The monoisotopic (exact) mass is 361 g/mol. The van der Waals surface area contributed by atoms with Crippen LogP contribution in [-0.4, -0.2) is 54.2 Å². The van der Waals surface area contributed by atoms with Crippen LogP contribution in [0.4, 0.5) is 23.7 Å². The number of carboxylic acid groups (broad SMARTS) is 1. The van der Waals surface area contributed by atoms with Crippen LogP contribution in [0.3, 0.4) is 0 Å². The number of hydrogen-bond donors (Lipinski definition) is 3. The molecule has 7 nitrogen and oxygen atoms in total. The first kappa shape index (κ1) is 20.3. The predicted octanol–water partition coefficient (Wildman–Crippen LogP) is 2.23. The van der Waals surface area contributed by atoms with Gasteiger partial charge in [-0.15, -0.1) is 0 Å². The molecule has 1 aromatic carbocycles. The summed E-state index contributed by atoms with van der Waals surface area (Å²) in [5.41, 5.74) is 0.789. The maximum atomic E-state index is 12.1. The molecule has 3 N–H and O–H groups in total. The van der Waals surface area contributed by atoms with Gasteiger partial charge in [0.05, 0.1) is 6.42 Å². The molecule has 0 fully saturated rings. The molecule has 0 spiro atoms. The fraction of sp³-hybridized carbons (Fsp3) is 0.400. The van der Waals surface area contributed by atoms with E-state index < -0.39 is 30.6 Å². The lowest BCUT2D eigenvalue weighted by Crippen LogP contribution is -2.34. The maximum absolute atomic E-state index is 12.1. The number of benzene rings is 1. The van der Waals surface area contributed by atoms with Crippen molar-refractivity contribution in [1.29, 1.82) is 0 Å². The summed E-state index contributed by atoms with van der Waals surface area (Å²) >= 11 is 0. The highest BCUT2D eigenvalue weighted by atomic mass is 19.4. The van der Waals surface area contributed by atoms with Crippen LogP contribution < -0.4 is 10.6 Å². The zero-order valence-electron chi connectivity index (χ0n) is 13.6. The third kappa shape index (κ3) is 7.10. The fourth-order valence-electron chi connectivity index (χ4n) is 1.76. The Kier molecular flexibility index (Phi) is 6.77. The number of carboxylic acids is 1. The summed E-state index contributed by atoms with van der Waals surface area (Å²) in [6, 6.07) is 3.47. The fourth-order valence-corrected chi connectivity index (χ4v) is 1.76. The Morgan fingerprint density at radius 3 is 2.44 bits per heavy atom. The number of urea groups is 1. The van der Waals surface area contributed by atoms with Gasteiger partial charge in [-0.2, -0.15) is 13.2 Å². The molecule has 0 atom stereocenters. The number of alkyl halides is 3. The highest BCUT2D eigenvalue weighted by Crippen LogP contribution is 2.18. The van der Waals surface area contributed by atoms with E-state index in [0.717, 1.165) is 4.90 Å². The minimum atomic E-state index is -4.52. The Morgan fingerprint density at radius 1 is 1.24 bits per heavy atom. The molecule has 0 bridgehead atoms. The highest BCUT2D eigenvalue weighted by Gasteiger charge is 2.28. The predicted molar refractivity (Wildman–Crippen MR) is 83.5 cm³/mol. The van der Waals surface area contributed by atoms with Crippen LogP contribution in [-0.2, 0) is 4.79 Å². The number of anilines is 1. The van der Waals surface area contributed by atoms with E-state index in [0.29, 0.717) is 5.56 Å². The summed E-state index contributed by atoms with van der Waals surface area (Å²) in [5, 5.41) is 12.8. The average Bonchev–Trinajstić information content (AvgIpc) is 2.51. The van der Waals surface area contributed by atoms with Crippen LogP contribution in [0.2, 0.25) is 0 Å². The van der Waals surface area contributed by atoms with Crippen LogP contribution >= 0.6 is 0 Å². The van der Waals surface area contributed by atoms with Crippen molar-refractivity contribution in [2.24, 2.45) is 0 Å². The lowest BCUT2D eigenvalue weighted by Gasteiger charge is -2.18. The van der Waals surface area contributed by atoms with Gasteiger partial charge in [0.1, 0.15) is 6.54 Å². The van der Waals surface area contributed by atoms with Crippen molar-refractivity contribution in [3.63, 3.8) is 0 Å². The Hall–Kier alpha value is -2.78. The molecule has 0 radical (unpaired) electrons. The van der Waals surface area contributed by atoms with Gasteiger partial charge in [-0.1, -0.05) is 6.07 Å². The number of hydrogen-bond acceptors (Lipinski definition) is 3. The van der Waals surface area contributed by atoms with Gasteiger partial charge in [0.2, 0.25) is 0 Å². The lowest BCUT2D eigenvalue weighted by atomic mass is 10.1. The smallest absolute Gasteiger partial charge is 0.405 e. The lowest BCUT2D eigenvalue weighted by molar-refractivity contribution is -0.137. The summed E-state index contributed by atoms with van der Waals surface area (Å²) in [6.45, 7) is 0.162. The molecule has 0 aliphatic rings. The topological polar surface area (TPSA) is 98.7 Å². The van der Waals surface area contributed by atoms with Gasteiger partial charge >= 0.3 is 18.2 Å². The van der Waals surface area contributed by atoms with E-state index >= 15 is 0 Å². The van der Waals surface area contributed by atoms with Crippen LogP contribution in [0.15, 0.2) is 18.2 Å². The molecule has 0 saturated carbocycles. The maximum Gasteiger partial charge on any atom is 0.405 e. The molecule has 0 unspecified atom stereocenters. The normalized spacial score (nSPS) is 10.9. The van der Waals surface area contributed by atoms with E-state index in [-0.39, 0.29) is 24.2 Å². The molecule has 0 aromatic heterocycles. The molecule has 25 heavy (non-hydrogen) atoms. The van der Waals surface area contributed by atoms with E-state index in [4.69, 9.17) is 5.11 Å². The van der Waals surface area contributed by atoms with Crippen molar-refractivity contribution in [1.82, 2.24) is 10.2 Å². The molecule has 0 aliphatic carbocycles. The van der Waals surface area contributed by atoms with E-state index in [2.05, 4.69) is 5.32 Å². The number of rotatable bonds is 6. The summed E-state index contributed by atoms with van der Waals surface area (Å²) in [5.74, 6) is -1.98. The largest absolute Gasteiger partial charge is 0.481 e. The number of nitrogens with zero attached hydrogens (tertiary/aromatic N) is 1. The third-order valence-corrected chi connectivity index (χ3v) is 3.20. The molecule has 0 aliphatic heterocycles. The number of aryl methyl sites for hydroxylation is 1. The first-order chi connectivity index (χ1) is 11.5. The Bertz CT molecular complexity index is 662. The van der Waals surface area contributed by atoms with E-state index in [9.17, 15) is 27.6 Å². The molecular weight excluding hydrogens is 343 g/mol. The van der Waals surface area contributed by atoms with Crippen LogP contribution in [0.25, 0.3) is 0 Å². The zero-order chi connectivity index (χ0) is 19.2. The second-order valence-electron chi connectivity index (χ2n) is 5.32. The second kappa shape index (κ2) is 8.36. The van der Waals surface area contributed by atoms with Crippen LogP contribution in [0.1, 0.15) is 22.3 Å². The molecule has 3 amide bonds. The minimum Gasteiger partial charge on any atom is -0.481 e. The van der Waals surface area contributed by atoms with Gasteiger partial charge in [-0.25, -0.2) is 4.79 Å². The number of halogens is 3. The Balaban J connectivity index is 2.79. The Morgan fingerprint density at radius 2 is 1.88 bits per heavy atom. The molecule has 0 saturated heterocycles. The zero-order valence-corrected chi connectivity index (χ0v) is 13.6. The van der Waals surface area contributed by atoms with Crippen molar-refractivity contribution in [3.8, 4) is 0 Å². The number of amides is 3. The minimum absolute atomic E-state index is 0.0219. The van der Waals surface area contributed by atoms with E-state index in [1.807, 2.05) is 0 Å². The van der Waals surface area contributed by atoms with Gasteiger partial charge < -0.3 is 20.6 Å². The molecule has 1 aromatic rings. The SMILES string of the molecule is Cc1ccc(C(=O)NCC(F)(F)F)cc1NC(=O)N(C)CCC(=O)O. The van der Waals surface area contributed by atoms with Crippen molar-refractivity contribution < 1.29 is 32.7 Å². The third-order valence-electron chi connectivity index (χ3n) is 3.20. The van der Waals surface area contributed by atoms with E-state index in [1.54, 1.807) is 12.2 Å². The molecule has 0 heterocycles. The van der Waals surface area contributed by atoms with Gasteiger partial charge in [0, 0.05) is 24.8 Å². The molecule has 138 valence electrons. The van der Waals surface area contributed by atoms with Gasteiger partial charge in [0.15, 0.2) is 0 Å². The average molecular weight is 361 g/mol. The van der Waals surface area contributed by atoms with E-state index in [1.165, 1.54) is 25.2 Å². The summed E-state index contributed by atoms with van der Waals surface area (Å²) < 4.78 is 36.4. The summed E-state index contributed by atoms with van der Waals surface area (Å²) in [7, 11) is 1.40. The van der Waals surface area contributed by atoms with Crippen molar-refractivity contribution >= 4 is 23.6 Å². The second-order valence-corrected chi connectivity index (χ2v) is 5.32. The number of nitrogens with one attached hydrogen (secondary N) is 2.